The molecule has 0 amide bonds. The van der Waals surface area contributed by atoms with Crippen LogP contribution < -0.4 is 15.0 Å². The zero-order valence-electron chi connectivity index (χ0n) is 14.4. The lowest BCUT2D eigenvalue weighted by Crippen LogP contribution is -2.39. The molecule has 0 unspecified atom stereocenters. The van der Waals surface area contributed by atoms with Gasteiger partial charge in [0.25, 0.3) is 0 Å². The van der Waals surface area contributed by atoms with Gasteiger partial charge in [-0.3, -0.25) is 0 Å². The molecule has 27 heavy (non-hydrogen) atoms. The van der Waals surface area contributed by atoms with E-state index in [2.05, 4.69) is 5.32 Å². The summed E-state index contributed by atoms with van der Waals surface area (Å²) in [6.45, 7) is 1.92. The molecular weight excluding hydrogens is 399 g/mol. The molecule has 3 nitrogen and oxygen atoms in total. The number of rotatable bonds is 4. The maximum atomic E-state index is 13.2. The monoisotopic (exact) mass is 414 g/mol. The van der Waals surface area contributed by atoms with Crippen molar-refractivity contribution in [1.82, 2.24) is 0 Å². The fraction of sp³-hybridized carbons (Fsp3) is 0.0476. The topological polar surface area (TPSA) is 39.0 Å². The van der Waals surface area contributed by atoms with Crippen molar-refractivity contribution in [2.45, 2.75) is 6.92 Å². The van der Waals surface area contributed by atoms with Gasteiger partial charge in [-0.1, -0.05) is 65.8 Å². The van der Waals surface area contributed by atoms with Crippen molar-refractivity contribution in [3.05, 3.63) is 94.2 Å². The molecule has 2 aromatic carbocycles. The van der Waals surface area contributed by atoms with Crippen LogP contribution in [-0.2, 0) is 0 Å². The Bertz CT molecular complexity index is 1020. The van der Waals surface area contributed by atoms with Crippen molar-refractivity contribution in [2.24, 2.45) is 0 Å². The lowest BCUT2D eigenvalue weighted by molar-refractivity contribution is -0.577. The van der Waals surface area contributed by atoms with Crippen molar-refractivity contribution >= 4 is 57.6 Å². The Morgan fingerprint density at radius 1 is 0.963 bits per heavy atom. The molecule has 0 fully saturated rings. The number of pyridine rings is 1. The second kappa shape index (κ2) is 8.53. The Labute approximate surface area is 173 Å². The number of thiocarbonyl (C=S) groups is 1. The summed E-state index contributed by atoms with van der Waals surface area (Å²) in [6, 6.07) is 17.9. The number of benzene rings is 2. The third kappa shape index (κ3) is 4.48. The average Bonchev–Trinajstić information content (AvgIpc) is 2.66. The molecular formula is C21H16Cl2N2OS. The molecule has 3 aromatic rings. The van der Waals surface area contributed by atoms with Crippen LogP contribution >= 0.6 is 35.4 Å². The summed E-state index contributed by atoms with van der Waals surface area (Å²) in [4.78, 5) is 0.274. The maximum Gasteiger partial charge on any atom is 0.238 e. The van der Waals surface area contributed by atoms with E-state index in [1.54, 1.807) is 47.3 Å². The van der Waals surface area contributed by atoms with Crippen molar-refractivity contribution in [3.8, 4) is 0 Å². The van der Waals surface area contributed by atoms with Crippen LogP contribution in [0.5, 0.6) is 0 Å². The van der Waals surface area contributed by atoms with Crippen LogP contribution in [-0.4, -0.2) is 4.99 Å². The predicted molar refractivity (Wildman–Crippen MR) is 114 cm³/mol. The Hall–Kier alpha value is -2.40. The first kappa shape index (κ1) is 19.4. The van der Waals surface area contributed by atoms with Gasteiger partial charge in [-0.15, -0.1) is 0 Å². The molecule has 1 N–H and O–H groups in total. The largest absolute Gasteiger partial charge is 0.867 e. The molecule has 0 bridgehead atoms. The number of nitrogens with one attached hydrogen (secondary N) is 1. The highest BCUT2D eigenvalue weighted by Crippen LogP contribution is 2.25. The number of hydrogen-bond donors (Lipinski definition) is 1. The highest BCUT2D eigenvalue weighted by atomic mass is 35.5. The molecule has 0 aliphatic carbocycles. The number of aromatic nitrogens is 1. The van der Waals surface area contributed by atoms with Crippen LogP contribution in [0.25, 0.3) is 11.5 Å². The van der Waals surface area contributed by atoms with E-state index in [1.165, 1.54) is 0 Å². The first-order chi connectivity index (χ1) is 13.0. The van der Waals surface area contributed by atoms with Gasteiger partial charge in [0.1, 0.15) is 0 Å². The van der Waals surface area contributed by atoms with E-state index in [0.29, 0.717) is 27.0 Å². The summed E-state index contributed by atoms with van der Waals surface area (Å²) in [7, 11) is 0. The summed E-state index contributed by atoms with van der Waals surface area (Å²) in [5.41, 5.74) is 2.35. The molecule has 3 rings (SSSR count). The van der Waals surface area contributed by atoms with E-state index in [-0.39, 0.29) is 10.7 Å². The summed E-state index contributed by atoms with van der Waals surface area (Å²) in [6.07, 6.45) is 3.53. The fourth-order valence-electron chi connectivity index (χ4n) is 2.52. The fourth-order valence-corrected chi connectivity index (χ4v) is 3.24. The standard InChI is InChI=1S/C21H16Cl2N2OS/c1-14-9-10-15(13-18(14)23)24-21(27)19(25-11-5-2-6-12-25)20(26)16-7-3-4-8-17(16)22/h2-13H,1H3,(H-,24,26,27). The molecule has 6 heteroatoms. The van der Waals surface area contributed by atoms with E-state index >= 15 is 0 Å². The summed E-state index contributed by atoms with van der Waals surface area (Å²) < 4.78 is 1.68. The predicted octanol–water partition coefficient (Wildman–Crippen LogP) is 4.71. The Balaban J connectivity index is 2.07. The van der Waals surface area contributed by atoms with Crippen LogP contribution in [0.15, 0.2) is 73.1 Å². The summed E-state index contributed by atoms with van der Waals surface area (Å²) >= 11 is 18.0. The lowest BCUT2D eigenvalue weighted by atomic mass is 10.1. The van der Waals surface area contributed by atoms with Crippen LogP contribution in [0.4, 0.5) is 5.69 Å². The lowest BCUT2D eigenvalue weighted by Gasteiger charge is -2.18. The quantitative estimate of drug-likeness (QED) is 0.290. The SMILES string of the molecule is Cc1ccc(NC(=S)C(=C([O-])c2ccccc2Cl)[n+]2ccccc2)cc1Cl. The first-order valence-electron chi connectivity index (χ1n) is 8.17. The molecule has 1 aromatic heterocycles. The summed E-state index contributed by atoms with van der Waals surface area (Å²) in [5.74, 6) is -0.271. The minimum Gasteiger partial charge on any atom is -0.867 e. The molecule has 0 aliphatic heterocycles. The van der Waals surface area contributed by atoms with E-state index in [1.807, 2.05) is 37.3 Å². The second-order valence-electron chi connectivity index (χ2n) is 5.86. The first-order valence-corrected chi connectivity index (χ1v) is 9.34. The van der Waals surface area contributed by atoms with Gasteiger partial charge >= 0.3 is 0 Å². The zero-order valence-corrected chi connectivity index (χ0v) is 16.8. The minimum atomic E-state index is -0.271. The number of anilines is 1. The van der Waals surface area contributed by atoms with Crippen LogP contribution in [0, 0.1) is 6.92 Å². The molecule has 0 saturated carbocycles. The van der Waals surface area contributed by atoms with Gasteiger partial charge in [0, 0.05) is 27.9 Å². The third-order valence-electron chi connectivity index (χ3n) is 3.95. The normalized spacial score (nSPS) is 11.7. The van der Waals surface area contributed by atoms with Crippen molar-refractivity contribution in [2.75, 3.05) is 5.32 Å². The van der Waals surface area contributed by atoms with Gasteiger partial charge in [0.15, 0.2) is 17.4 Å². The van der Waals surface area contributed by atoms with Crippen molar-refractivity contribution in [3.63, 3.8) is 0 Å². The van der Waals surface area contributed by atoms with Gasteiger partial charge in [-0.05, 0) is 42.0 Å². The maximum absolute atomic E-state index is 13.2. The average molecular weight is 415 g/mol. The van der Waals surface area contributed by atoms with Gasteiger partial charge < -0.3 is 10.4 Å². The summed E-state index contributed by atoms with van der Waals surface area (Å²) in [5, 5.41) is 17.3. The van der Waals surface area contributed by atoms with E-state index in [0.717, 1.165) is 5.56 Å². The molecule has 136 valence electrons. The molecule has 0 spiro atoms. The van der Waals surface area contributed by atoms with Crippen molar-refractivity contribution in [1.29, 1.82) is 0 Å². The number of aryl methyl sites for hydroxylation is 1. The van der Waals surface area contributed by atoms with Crippen LogP contribution in [0.2, 0.25) is 10.0 Å². The van der Waals surface area contributed by atoms with Gasteiger partial charge in [0.2, 0.25) is 5.70 Å². The Morgan fingerprint density at radius 2 is 1.67 bits per heavy atom. The number of hydrogen-bond acceptors (Lipinski definition) is 2. The number of nitrogens with zero attached hydrogens (tertiary/aromatic N) is 1. The van der Waals surface area contributed by atoms with Crippen LogP contribution in [0.1, 0.15) is 11.1 Å². The molecule has 0 atom stereocenters. The van der Waals surface area contributed by atoms with Crippen molar-refractivity contribution < 1.29 is 9.67 Å². The third-order valence-corrected chi connectivity index (χ3v) is 4.98. The van der Waals surface area contributed by atoms with Crippen LogP contribution in [0.3, 0.4) is 0 Å². The smallest absolute Gasteiger partial charge is 0.238 e. The highest BCUT2D eigenvalue weighted by Gasteiger charge is 2.19. The molecule has 0 radical (unpaired) electrons. The minimum absolute atomic E-state index is 0.271. The highest BCUT2D eigenvalue weighted by molar-refractivity contribution is 7.81. The zero-order chi connectivity index (χ0) is 19.4. The van der Waals surface area contributed by atoms with E-state index in [9.17, 15) is 5.11 Å². The molecule has 0 aliphatic rings. The molecule has 0 saturated heterocycles. The van der Waals surface area contributed by atoms with Gasteiger partial charge in [-0.2, -0.15) is 4.57 Å². The van der Waals surface area contributed by atoms with E-state index in [4.69, 9.17) is 35.4 Å². The number of halogens is 2. The Morgan fingerprint density at radius 3 is 2.33 bits per heavy atom. The molecule has 1 heterocycles. The second-order valence-corrected chi connectivity index (χ2v) is 7.08. The van der Waals surface area contributed by atoms with Gasteiger partial charge in [0.05, 0.1) is 0 Å². The Kier molecular flexibility index (Phi) is 6.11. The van der Waals surface area contributed by atoms with E-state index < -0.39 is 0 Å². The van der Waals surface area contributed by atoms with Gasteiger partial charge in [-0.25, -0.2) is 0 Å².